The van der Waals surface area contributed by atoms with Gasteiger partial charge in [0.1, 0.15) is 0 Å². The summed E-state index contributed by atoms with van der Waals surface area (Å²) in [5, 5.41) is 2.89. The molecule has 1 saturated heterocycles. The zero-order valence-corrected chi connectivity index (χ0v) is 13.6. The van der Waals surface area contributed by atoms with Crippen molar-refractivity contribution in [2.24, 2.45) is 0 Å². The van der Waals surface area contributed by atoms with E-state index in [1.54, 1.807) is 11.8 Å². The minimum atomic E-state index is 0.00547. The molecule has 0 aromatic carbocycles. The first-order valence-corrected chi connectivity index (χ1v) is 7.77. The third kappa shape index (κ3) is 8.02. The second-order valence-corrected chi connectivity index (χ2v) is 5.86. The molecule has 1 aliphatic rings. The molecule has 1 N–H and O–H groups in total. The van der Waals surface area contributed by atoms with Gasteiger partial charge < -0.3 is 19.9 Å². The van der Waals surface area contributed by atoms with Gasteiger partial charge in [0.2, 0.25) is 11.8 Å². The molecule has 21 heavy (non-hydrogen) atoms. The van der Waals surface area contributed by atoms with Gasteiger partial charge in [-0.05, 0) is 39.9 Å². The van der Waals surface area contributed by atoms with E-state index in [2.05, 4.69) is 10.2 Å². The number of carbonyl (C=O) groups is 2. The van der Waals surface area contributed by atoms with Crippen molar-refractivity contribution < 1.29 is 14.3 Å². The lowest BCUT2D eigenvalue weighted by Crippen LogP contribution is -2.38. The Morgan fingerprint density at radius 2 is 2.05 bits per heavy atom. The number of nitrogens with zero attached hydrogens (tertiary/aromatic N) is 2. The zero-order valence-electron chi connectivity index (χ0n) is 13.6. The van der Waals surface area contributed by atoms with Crippen molar-refractivity contribution >= 4 is 11.8 Å². The van der Waals surface area contributed by atoms with Crippen molar-refractivity contribution in [3.8, 4) is 0 Å². The van der Waals surface area contributed by atoms with E-state index in [1.807, 2.05) is 14.1 Å². The molecule has 1 heterocycles. The zero-order chi connectivity index (χ0) is 15.7. The summed E-state index contributed by atoms with van der Waals surface area (Å²) in [6.45, 7) is 5.03. The normalized spacial score (nSPS) is 18.0. The van der Waals surface area contributed by atoms with Gasteiger partial charge in [-0.15, -0.1) is 0 Å². The van der Waals surface area contributed by atoms with Crippen LogP contribution in [0, 0.1) is 0 Å². The Balaban J connectivity index is 2.19. The summed E-state index contributed by atoms with van der Waals surface area (Å²) in [5.74, 6) is 0.0123. The van der Waals surface area contributed by atoms with E-state index < -0.39 is 0 Å². The van der Waals surface area contributed by atoms with Crippen molar-refractivity contribution in [2.45, 2.75) is 38.7 Å². The number of amides is 2. The van der Waals surface area contributed by atoms with Gasteiger partial charge in [-0.2, -0.15) is 0 Å². The highest BCUT2D eigenvalue weighted by atomic mass is 16.5. The highest BCUT2D eigenvalue weighted by Gasteiger charge is 2.21. The number of ether oxygens (including phenoxy) is 1. The molecule has 6 heteroatoms. The van der Waals surface area contributed by atoms with Gasteiger partial charge in [-0.3, -0.25) is 9.59 Å². The fourth-order valence-corrected chi connectivity index (χ4v) is 2.36. The van der Waals surface area contributed by atoms with Crippen LogP contribution >= 0.6 is 0 Å². The second kappa shape index (κ2) is 9.73. The number of hydrogen-bond donors (Lipinski definition) is 1. The Kier molecular flexibility index (Phi) is 8.30. The van der Waals surface area contributed by atoms with Crippen molar-refractivity contribution in [2.75, 3.05) is 46.9 Å². The van der Waals surface area contributed by atoms with E-state index in [1.165, 1.54) is 0 Å². The third-order valence-electron chi connectivity index (χ3n) is 3.61. The SMILES string of the molecule is CC(=O)N(CCC(=O)NCCCN(C)C)CC1CCCO1. The third-order valence-corrected chi connectivity index (χ3v) is 3.61. The summed E-state index contributed by atoms with van der Waals surface area (Å²) in [5.41, 5.74) is 0. The molecule has 0 spiro atoms. The molecule has 0 saturated carbocycles. The molecule has 1 rings (SSSR count). The first-order valence-electron chi connectivity index (χ1n) is 7.77. The van der Waals surface area contributed by atoms with E-state index in [9.17, 15) is 9.59 Å². The number of nitrogens with one attached hydrogen (secondary N) is 1. The molecule has 6 nitrogen and oxygen atoms in total. The van der Waals surface area contributed by atoms with Crippen LogP contribution in [0.1, 0.15) is 32.6 Å². The van der Waals surface area contributed by atoms with Crippen LogP contribution in [0.15, 0.2) is 0 Å². The predicted octanol–water partition coefficient (Wildman–Crippen LogP) is 0.472. The van der Waals surface area contributed by atoms with Crippen molar-refractivity contribution in [3.05, 3.63) is 0 Å². The Bertz CT molecular complexity index is 328. The Hall–Kier alpha value is -1.14. The summed E-state index contributed by atoms with van der Waals surface area (Å²) in [6, 6.07) is 0. The number of rotatable bonds is 9. The Morgan fingerprint density at radius 3 is 2.62 bits per heavy atom. The van der Waals surface area contributed by atoms with Gasteiger partial charge in [-0.25, -0.2) is 0 Å². The fourth-order valence-electron chi connectivity index (χ4n) is 2.36. The van der Waals surface area contributed by atoms with Crippen LogP contribution in [0.4, 0.5) is 0 Å². The van der Waals surface area contributed by atoms with Crippen LogP contribution in [-0.2, 0) is 14.3 Å². The van der Waals surface area contributed by atoms with E-state index in [0.29, 0.717) is 26.1 Å². The molecular weight excluding hydrogens is 270 g/mol. The van der Waals surface area contributed by atoms with Gasteiger partial charge in [0.15, 0.2) is 0 Å². The highest BCUT2D eigenvalue weighted by molar-refractivity contribution is 5.78. The van der Waals surface area contributed by atoms with Crippen LogP contribution in [-0.4, -0.2) is 74.6 Å². The topological polar surface area (TPSA) is 61.9 Å². The van der Waals surface area contributed by atoms with Crippen LogP contribution in [0.2, 0.25) is 0 Å². The summed E-state index contributed by atoms with van der Waals surface area (Å²) >= 11 is 0. The Labute approximate surface area is 127 Å². The highest BCUT2D eigenvalue weighted by Crippen LogP contribution is 2.13. The maximum Gasteiger partial charge on any atom is 0.221 e. The van der Waals surface area contributed by atoms with E-state index in [4.69, 9.17) is 4.74 Å². The van der Waals surface area contributed by atoms with Crippen molar-refractivity contribution in [1.29, 1.82) is 0 Å². The van der Waals surface area contributed by atoms with Gasteiger partial charge in [0, 0.05) is 39.6 Å². The molecule has 122 valence electrons. The lowest BCUT2D eigenvalue weighted by Gasteiger charge is -2.24. The van der Waals surface area contributed by atoms with Gasteiger partial charge in [-0.1, -0.05) is 0 Å². The van der Waals surface area contributed by atoms with Gasteiger partial charge in [0.05, 0.1) is 6.10 Å². The van der Waals surface area contributed by atoms with Gasteiger partial charge in [0.25, 0.3) is 0 Å². The Morgan fingerprint density at radius 1 is 1.29 bits per heavy atom. The summed E-state index contributed by atoms with van der Waals surface area (Å²) in [4.78, 5) is 27.2. The minimum absolute atomic E-state index is 0.00547. The summed E-state index contributed by atoms with van der Waals surface area (Å²) in [6.07, 6.45) is 3.49. The molecule has 0 aromatic heterocycles. The molecule has 0 aromatic rings. The van der Waals surface area contributed by atoms with E-state index in [-0.39, 0.29) is 17.9 Å². The van der Waals surface area contributed by atoms with E-state index in [0.717, 1.165) is 32.4 Å². The monoisotopic (exact) mass is 299 g/mol. The first kappa shape index (κ1) is 17.9. The fraction of sp³-hybridized carbons (Fsp3) is 0.867. The van der Waals surface area contributed by atoms with Crippen molar-refractivity contribution in [3.63, 3.8) is 0 Å². The molecule has 1 aliphatic heterocycles. The second-order valence-electron chi connectivity index (χ2n) is 5.86. The lowest BCUT2D eigenvalue weighted by molar-refractivity contribution is -0.131. The molecule has 1 fully saturated rings. The van der Waals surface area contributed by atoms with Crippen LogP contribution in [0.3, 0.4) is 0 Å². The molecule has 1 atom stereocenters. The molecule has 1 unspecified atom stereocenters. The minimum Gasteiger partial charge on any atom is -0.376 e. The molecular formula is C15H29N3O3. The average Bonchev–Trinajstić information content (AvgIpc) is 2.92. The molecule has 0 aliphatic carbocycles. The standard InChI is InChI=1S/C15H29N3O3/c1-13(19)18(12-14-6-4-11-21-14)10-7-15(20)16-8-5-9-17(2)3/h14H,4-12H2,1-3H3,(H,16,20). The average molecular weight is 299 g/mol. The number of hydrogen-bond acceptors (Lipinski definition) is 4. The maximum atomic E-state index is 11.8. The summed E-state index contributed by atoms with van der Waals surface area (Å²) in [7, 11) is 4.02. The van der Waals surface area contributed by atoms with Crippen LogP contribution in [0.5, 0.6) is 0 Å². The summed E-state index contributed by atoms with van der Waals surface area (Å²) < 4.78 is 5.54. The van der Waals surface area contributed by atoms with Crippen LogP contribution < -0.4 is 5.32 Å². The van der Waals surface area contributed by atoms with Crippen LogP contribution in [0.25, 0.3) is 0 Å². The lowest BCUT2D eigenvalue weighted by atomic mass is 10.2. The molecule has 2 amide bonds. The number of carbonyl (C=O) groups excluding carboxylic acids is 2. The van der Waals surface area contributed by atoms with Crippen molar-refractivity contribution in [1.82, 2.24) is 15.1 Å². The van der Waals surface area contributed by atoms with Gasteiger partial charge >= 0.3 is 0 Å². The largest absolute Gasteiger partial charge is 0.376 e. The first-order chi connectivity index (χ1) is 9.99. The van der Waals surface area contributed by atoms with E-state index >= 15 is 0 Å². The predicted molar refractivity (Wildman–Crippen MR) is 82.0 cm³/mol. The smallest absolute Gasteiger partial charge is 0.221 e. The quantitative estimate of drug-likeness (QED) is 0.629. The maximum absolute atomic E-state index is 11.8. The molecule has 0 radical (unpaired) electrons. The molecule has 0 bridgehead atoms.